The molecule has 0 saturated heterocycles. The standard InChI is InChI=1S/C19H19N3O/c1-15-4-2-5-17(12-15)13-20-19(23)18-8-6-16(7-9-18)14-22-11-3-10-21-22/h2-12H,13-14H2,1H3,(H,20,23). The SMILES string of the molecule is Cc1cccc(CNC(=O)c2ccc(Cn3cccn3)cc2)c1. The number of hydrogen-bond acceptors (Lipinski definition) is 2. The predicted octanol–water partition coefficient (Wildman–Crippen LogP) is 3.17. The van der Waals surface area contributed by atoms with Crippen LogP contribution in [0.1, 0.15) is 27.0 Å². The third kappa shape index (κ3) is 4.07. The van der Waals surface area contributed by atoms with Crippen molar-refractivity contribution in [2.45, 2.75) is 20.0 Å². The molecule has 0 aliphatic carbocycles. The fourth-order valence-corrected chi connectivity index (χ4v) is 2.45. The number of hydrogen-bond donors (Lipinski definition) is 1. The van der Waals surface area contributed by atoms with E-state index < -0.39 is 0 Å². The Bertz CT molecular complexity index is 777. The van der Waals surface area contributed by atoms with Crippen LogP contribution in [0.15, 0.2) is 67.0 Å². The molecule has 0 unspecified atom stereocenters. The van der Waals surface area contributed by atoms with Gasteiger partial charge < -0.3 is 5.32 Å². The lowest BCUT2D eigenvalue weighted by Crippen LogP contribution is -2.22. The molecule has 1 heterocycles. The normalized spacial score (nSPS) is 10.5. The minimum atomic E-state index is -0.0582. The topological polar surface area (TPSA) is 46.9 Å². The molecule has 1 amide bonds. The first-order valence-electron chi connectivity index (χ1n) is 7.61. The summed E-state index contributed by atoms with van der Waals surface area (Å²) in [5.74, 6) is -0.0582. The highest BCUT2D eigenvalue weighted by Crippen LogP contribution is 2.07. The molecule has 23 heavy (non-hydrogen) atoms. The predicted molar refractivity (Wildman–Crippen MR) is 90.1 cm³/mol. The summed E-state index contributed by atoms with van der Waals surface area (Å²) in [4.78, 5) is 12.2. The second-order valence-corrected chi connectivity index (χ2v) is 5.57. The largest absolute Gasteiger partial charge is 0.348 e. The van der Waals surface area contributed by atoms with Crippen LogP contribution in [0.25, 0.3) is 0 Å². The van der Waals surface area contributed by atoms with Crippen molar-refractivity contribution in [3.63, 3.8) is 0 Å². The molecule has 2 aromatic carbocycles. The highest BCUT2D eigenvalue weighted by molar-refractivity contribution is 5.94. The van der Waals surface area contributed by atoms with Crippen molar-refractivity contribution in [1.29, 1.82) is 0 Å². The Balaban J connectivity index is 1.59. The average Bonchev–Trinajstić information content (AvgIpc) is 3.06. The van der Waals surface area contributed by atoms with Crippen LogP contribution in [0, 0.1) is 6.92 Å². The number of nitrogens with zero attached hydrogens (tertiary/aromatic N) is 2. The summed E-state index contributed by atoms with van der Waals surface area (Å²) >= 11 is 0. The number of benzene rings is 2. The Morgan fingerprint density at radius 1 is 1.09 bits per heavy atom. The maximum absolute atomic E-state index is 12.2. The molecule has 0 radical (unpaired) electrons. The molecular formula is C19H19N3O. The summed E-state index contributed by atoms with van der Waals surface area (Å²) in [5.41, 5.74) is 4.08. The first kappa shape index (κ1) is 15.0. The number of nitrogens with one attached hydrogen (secondary N) is 1. The molecule has 0 spiro atoms. The lowest BCUT2D eigenvalue weighted by Gasteiger charge is -2.07. The number of aryl methyl sites for hydroxylation is 1. The zero-order chi connectivity index (χ0) is 16.1. The van der Waals surface area contributed by atoms with Gasteiger partial charge in [-0.25, -0.2) is 0 Å². The van der Waals surface area contributed by atoms with Crippen molar-refractivity contribution < 1.29 is 4.79 Å². The van der Waals surface area contributed by atoms with E-state index in [2.05, 4.69) is 16.5 Å². The number of carbonyl (C=O) groups excluding carboxylic acids is 1. The van der Waals surface area contributed by atoms with Crippen molar-refractivity contribution in [2.24, 2.45) is 0 Å². The number of carbonyl (C=O) groups is 1. The van der Waals surface area contributed by atoms with Crippen LogP contribution >= 0.6 is 0 Å². The van der Waals surface area contributed by atoms with Gasteiger partial charge in [0.2, 0.25) is 0 Å². The van der Waals surface area contributed by atoms with Crippen LogP contribution in [0.4, 0.5) is 0 Å². The Kier molecular flexibility index (Phi) is 4.52. The monoisotopic (exact) mass is 305 g/mol. The van der Waals surface area contributed by atoms with Crippen molar-refractivity contribution in [3.8, 4) is 0 Å². The zero-order valence-corrected chi connectivity index (χ0v) is 13.1. The van der Waals surface area contributed by atoms with E-state index in [1.54, 1.807) is 6.20 Å². The Hall–Kier alpha value is -2.88. The maximum Gasteiger partial charge on any atom is 0.251 e. The summed E-state index contributed by atoms with van der Waals surface area (Å²) in [6.07, 6.45) is 3.68. The Morgan fingerprint density at radius 3 is 2.61 bits per heavy atom. The number of rotatable bonds is 5. The van der Waals surface area contributed by atoms with Crippen molar-refractivity contribution >= 4 is 5.91 Å². The van der Waals surface area contributed by atoms with Gasteiger partial charge in [-0.2, -0.15) is 5.10 Å². The van der Waals surface area contributed by atoms with Gasteiger partial charge in [-0.05, 0) is 36.2 Å². The molecule has 4 heteroatoms. The van der Waals surface area contributed by atoms with Crippen LogP contribution in [0.5, 0.6) is 0 Å². The van der Waals surface area contributed by atoms with E-state index >= 15 is 0 Å². The van der Waals surface area contributed by atoms with Gasteiger partial charge in [-0.1, -0.05) is 42.0 Å². The average molecular weight is 305 g/mol. The molecule has 3 rings (SSSR count). The molecule has 0 aliphatic heterocycles. The van der Waals surface area contributed by atoms with Crippen LogP contribution < -0.4 is 5.32 Å². The molecular weight excluding hydrogens is 286 g/mol. The Labute approximate surface area is 135 Å². The minimum Gasteiger partial charge on any atom is -0.348 e. The number of amides is 1. The molecule has 0 atom stereocenters. The van der Waals surface area contributed by atoms with E-state index in [-0.39, 0.29) is 5.91 Å². The smallest absolute Gasteiger partial charge is 0.251 e. The summed E-state index contributed by atoms with van der Waals surface area (Å²) in [7, 11) is 0. The minimum absolute atomic E-state index is 0.0582. The fourth-order valence-electron chi connectivity index (χ4n) is 2.45. The highest BCUT2D eigenvalue weighted by Gasteiger charge is 2.05. The van der Waals surface area contributed by atoms with E-state index in [0.717, 1.165) is 11.1 Å². The van der Waals surface area contributed by atoms with E-state index in [9.17, 15) is 4.79 Å². The van der Waals surface area contributed by atoms with Gasteiger partial charge in [0.25, 0.3) is 5.91 Å². The summed E-state index contributed by atoms with van der Waals surface area (Å²) in [6, 6.07) is 17.7. The molecule has 1 aromatic heterocycles. The summed E-state index contributed by atoms with van der Waals surface area (Å²) in [5, 5.41) is 7.13. The van der Waals surface area contributed by atoms with Crippen LogP contribution in [0.2, 0.25) is 0 Å². The molecule has 0 saturated carbocycles. The number of aromatic nitrogens is 2. The third-order valence-corrected chi connectivity index (χ3v) is 3.66. The molecule has 116 valence electrons. The van der Waals surface area contributed by atoms with Gasteiger partial charge in [-0.15, -0.1) is 0 Å². The fraction of sp³-hybridized carbons (Fsp3) is 0.158. The van der Waals surface area contributed by atoms with Crippen LogP contribution in [-0.2, 0) is 13.1 Å². The van der Waals surface area contributed by atoms with E-state index in [4.69, 9.17) is 0 Å². The highest BCUT2D eigenvalue weighted by atomic mass is 16.1. The van der Waals surface area contributed by atoms with Crippen molar-refractivity contribution in [1.82, 2.24) is 15.1 Å². The van der Waals surface area contributed by atoms with Gasteiger partial charge in [0, 0.05) is 24.5 Å². The zero-order valence-electron chi connectivity index (χ0n) is 13.1. The first-order chi connectivity index (χ1) is 11.2. The third-order valence-electron chi connectivity index (χ3n) is 3.66. The van der Waals surface area contributed by atoms with E-state index in [1.807, 2.05) is 66.3 Å². The molecule has 0 aliphatic rings. The molecule has 0 fully saturated rings. The van der Waals surface area contributed by atoms with E-state index in [1.165, 1.54) is 5.56 Å². The van der Waals surface area contributed by atoms with Crippen molar-refractivity contribution in [3.05, 3.63) is 89.2 Å². The quantitative estimate of drug-likeness (QED) is 0.787. The second kappa shape index (κ2) is 6.92. The van der Waals surface area contributed by atoms with Crippen LogP contribution in [-0.4, -0.2) is 15.7 Å². The molecule has 1 N–H and O–H groups in total. The van der Waals surface area contributed by atoms with Gasteiger partial charge in [-0.3, -0.25) is 9.48 Å². The second-order valence-electron chi connectivity index (χ2n) is 5.57. The molecule has 3 aromatic rings. The van der Waals surface area contributed by atoms with Gasteiger partial charge in [0.15, 0.2) is 0 Å². The van der Waals surface area contributed by atoms with Crippen LogP contribution in [0.3, 0.4) is 0 Å². The van der Waals surface area contributed by atoms with Gasteiger partial charge in [0.1, 0.15) is 0 Å². The molecule has 4 nitrogen and oxygen atoms in total. The lowest BCUT2D eigenvalue weighted by molar-refractivity contribution is 0.0951. The first-order valence-corrected chi connectivity index (χ1v) is 7.61. The molecule has 0 bridgehead atoms. The summed E-state index contributed by atoms with van der Waals surface area (Å²) < 4.78 is 1.85. The maximum atomic E-state index is 12.2. The van der Waals surface area contributed by atoms with Gasteiger partial charge in [0.05, 0.1) is 6.54 Å². The summed E-state index contributed by atoms with van der Waals surface area (Å²) in [6.45, 7) is 3.29. The van der Waals surface area contributed by atoms with E-state index in [0.29, 0.717) is 18.7 Å². The lowest BCUT2D eigenvalue weighted by atomic mass is 10.1. The Morgan fingerprint density at radius 2 is 1.91 bits per heavy atom. The van der Waals surface area contributed by atoms with Gasteiger partial charge >= 0.3 is 0 Å². The van der Waals surface area contributed by atoms with Crippen molar-refractivity contribution in [2.75, 3.05) is 0 Å².